The van der Waals surface area contributed by atoms with Gasteiger partial charge in [-0.15, -0.1) is 0 Å². The number of ketones is 1. The maximum absolute atomic E-state index is 11.9. The smallest absolute Gasteiger partial charge is 0.270 e. The highest BCUT2D eigenvalue weighted by atomic mass is 16.6. The molecule has 0 heterocycles. The summed E-state index contributed by atoms with van der Waals surface area (Å²) in [6.45, 7) is -0.229. The molecule has 6 heteroatoms. The molecule has 2 rings (SSSR count). The van der Waals surface area contributed by atoms with Gasteiger partial charge >= 0.3 is 0 Å². The number of hydrogen-bond donors (Lipinski definition) is 0. The number of Topliss-reactive ketones (excluding diaryl/α,β-unsaturated/α-hetero) is 1. The Kier molecular flexibility index (Phi) is 4.26. The number of nitriles is 1. The van der Waals surface area contributed by atoms with Crippen molar-refractivity contribution in [2.75, 3.05) is 6.61 Å². The maximum atomic E-state index is 11.9. The van der Waals surface area contributed by atoms with E-state index in [4.69, 9.17) is 10.00 Å². The Bertz CT molecular complexity index is 717. The number of non-ortho nitro benzene ring substituents is 1. The third-order valence-electron chi connectivity index (χ3n) is 2.73. The molecule has 0 spiro atoms. The Hall–Kier alpha value is -3.20. The Morgan fingerprint density at radius 1 is 1.24 bits per heavy atom. The molecule has 0 aliphatic rings. The highest BCUT2D eigenvalue weighted by Crippen LogP contribution is 2.15. The molecule has 0 N–H and O–H groups in total. The molecule has 0 fully saturated rings. The standard InChI is InChI=1S/C15H10N2O4/c16-9-11-4-6-14(7-5-11)21-10-15(18)12-2-1-3-13(8-12)17(19)20/h1-8H,10H2. The number of hydrogen-bond acceptors (Lipinski definition) is 5. The summed E-state index contributed by atoms with van der Waals surface area (Å²) in [5, 5.41) is 19.3. The number of carbonyl (C=O) groups excluding carboxylic acids is 1. The quantitative estimate of drug-likeness (QED) is 0.477. The first-order chi connectivity index (χ1) is 10.1. The van der Waals surface area contributed by atoms with Crippen molar-refractivity contribution in [3.8, 4) is 11.8 Å². The summed E-state index contributed by atoms with van der Waals surface area (Å²) in [7, 11) is 0. The van der Waals surface area contributed by atoms with Gasteiger partial charge in [0.05, 0.1) is 16.6 Å². The van der Waals surface area contributed by atoms with Crippen molar-refractivity contribution in [2.45, 2.75) is 0 Å². The summed E-state index contributed by atoms with van der Waals surface area (Å²) in [4.78, 5) is 22.0. The fourth-order valence-electron chi connectivity index (χ4n) is 1.65. The van der Waals surface area contributed by atoms with E-state index in [0.717, 1.165) is 0 Å². The van der Waals surface area contributed by atoms with Crippen LogP contribution in [0.15, 0.2) is 48.5 Å². The van der Waals surface area contributed by atoms with Gasteiger partial charge in [0, 0.05) is 17.7 Å². The normalized spacial score (nSPS) is 9.67. The summed E-state index contributed by atoms with van der Waals surface area (Å²) in [6.07, 6.45) is 0. The number of nitro groups is 1. The molecule has 0 aromatic heterocycles. The number of ether oxygens (including phenoxy) is 1. The van der Waals surface area contributed by atoms with Crippen LogP contribution in [-0.2, 0) is 0 Å². The van der Waals surface area contributed by atoms with Crippen molar-refractivity contribution in [1.82, 2.24) is 0 Å². The van der Waals surface area contributed by atoms with Gasteiger partial charge in [-0.3, -0.25) is 14.9 Å². The topological polar surface area (TPSA) is 93.2 Å². The van der Waals surface area contributed by atoms with Gasteiger partial charge < -0.3 is 4.74 Å². The molecule has 0 saturated heterocycles. The van der Waals surface area contributed by atoms with Crippen LogP contribution in [0.2, 0.25) is 0 Å². The van der Waals surface area contributed by atoms with Gasteiger partial charge in [-0.1, -0.05) is 12.1 Å². The van der Waals surface area contributed by atoms with E-state index in [9.17, 15) is 14.9 Å². The first-order valence-electron chi connectivity index (χ1n) is 6.01. The fourth-order valence-corrected chi connectivity index (χ4v) is 1.65. The third-order valence-corrected chi connectivity index (χ3v) is 2.73. The van der Waals surface area contributed by atoms with Crippen LogP contribution in [0.1, 0.15) is 15.9 Å². The Morgan fingerprint density at radius 2 is 1.95 bits per heavy atom. The minimum absolute atomic E-state index is 0.140. The summed E-state index contributed by atoms with van der Waals surface area (Å²) >= 11 is 0. The molecule has 0 saturated carbocycles. The van der Waals surface area contributed by atoms with E-state index in [1.165, 1.54) is 24.3 Å². The zero-order valence-corrected chi connectivity index (χ0v) is 10.9. The summed E-state index contributed by atoms with van der Waals surface area (Å²) < 4.78 is 5.29. The van der Waals surface area contributed by atoms with Gasteiger partial charge in [0.15, 0.2) is 12.4 Å². The second-order valence-corrected chi connectivity index (χ2v) is 4.16. The summed E-state index contributed by atoms with van der Waals surface area (Å²) in [5.74, 6) is 0.0934. The molecule has 0 aliphatic carbocycles. The van der Waals surface area contributed by atoms with E-state index in [0.29, 0.717) is 11.3 Å². The Balaban J connectivity index is 2.02. The Morgan fingerprint density at radius 3 is 2.57 bits per heavy atom. The van der Waals surface area contributed by atoms with E-state index < -0.39 is 4.92 Å². The van der Waals surface area contributed by atoms with Crippen LogP contribution in [0.5, 0.6) is 5.75 Å². The van der Waals surface area contributed by atoms with Crippen LogP contribution in [0.25, 0.3) is 0 Å². The van der Waals surface area contributed by atoms with E-state index in [1.54, 1.807) is 24.3 Å². The van der Waals surface area contributed by atoms with Crippen LogP contribution in [0, 0.1) is 21.4 Å². The molecule has 2 aromatic rings. The van der Waals surface area contributed by atoms with Crippen LogP contribution in [-0.4, -0.2) is 17.3 Å². The average molecular weight is 282 g/mol. The number of nitro benzene ring substituents is 1. The molecular weight excluding hydrogens is 272 g/mol. The first-order valence-corrected chi connectivity index (χ1v) is 6.01. The molecule has 0 bridgehead atoms. The molecule has 21 heavy (non-hydrogen) atoms. The van der Waals surface area contributed by atoms with Crippen LogP contribution >= 0.6 is 0 Å². The SMILES string of the molecule is N#Cc1ccc(OCC(=O)c2cccc([N+](=O)[O-])c2)cc1. The lowest BCUT2D eigenvalue weighted by Crippen LogP contribution is -2.11. The molecule has 6 nitrogen and oxygen atoms in total. The number of rotatable bonds is 5. The van der Waals surface area contributed by atoms with Gasteiger partial charge in [0.25, 0.3) is 5.69 Å². The monoisotopic (exact) mass is 282 g/mol. The van der Waals surface area contributed by atoms with Crippen molar-refractivity contribution in [3.05, 3.63) is 69.8 Å². The first kappa shape index (κ1) is 14.2. The molecular formula is C15H10N2O4. The van der Waals surface area contributed by atoms with Crippen LogP contribution < -0.4 is 4.74 Å². The van der Waals surface area contributed by atoms with Crippen molar-refractivity contribution in [1.29, 1.82) is 5.26 Å². The highest BCUT2D eigenvalue weighted by Gasteiger charge is 2.12. The largest absolute Gasteiger partial charge is 0.485 e. The lowest BCUT2D eigenvalue weighted by molar-refractivity contribution is -0.384. The minimum Gasteiger partial charge on any atom is -0.485 e. The van der Waals surface area contributed by atoms with Gasteiger partial charge in [-0.25, -0.2) is 0 Å². The lowest BCUT2D eigenvalue weighted by Gasteiger charge is -2.05. The van der Waals surface area contributed by atoms with Gasteiger partial charge in [0.1, 0.15) is 5.75 Å². The van der Waals surface area contributed by atoms with Gasteiger partial charge in [-0.2, -0.15) is 5.26 Å². The van der Waals surface area contributed by atoms with Gasteiger partial charge in [-0.05, 0) is 24.3 Å². The fraction of sp³-hybridized carbons (Fsp3) is 0.0667. The third kappa shape index (κ3) is 3.64. The van der Waals surface area contributed by atoms with Crippen LogP contribution in [0.3, 0.4) is 0 Å². The molecule has 0 radical (unpaired) electrons. The summed E-state index contributed by atoms with van der Waals surface area (Å²) in [6, 6.07) is 13.8. The molecule has 0 aliphatic heterocycles. The van der Waals surface area contributed by atoms with Crippen molar-refractivity contribution in [2.24, 2.45) is 0 Å². The van der Waals surface area contributed by atoms with Crippen LogP contribution in [0.4, 0.5) is 5.69 Å². The highest BCUT2D eigenvalue weighted by molar-refractivity contribution is 5.97. The zero-order valence-electron chi connectivity index (χ0n) is 10.9. The van der Waals surface area contributed by atoms with E-state index in [-0.39, 0.29) is 23.6 Å². The number of nitrogens with zero attached hydrogens (tertiary/aromatic N) is 2. The van der Waals surface area contributed by atoms with Crippen molar-refractivity contribution >= 4 is 11.5 Å². The molecule has 104 valence electrons. The Labute approximate surface area is 120 Å². The predicted octanol–water partition coefficient (Wildman–Crippen LogP) is 2.73. The lowest BCUT2D eigenvalue weighted by atomic mass is 10.1. The van der Waals surface area contributed by atoms with Crippen molar-refractivity contribution in [3.63, 3.8) is 0 Å². The van der Waals surface area contributed by atoms with E-state index in [2.05, 4.69) is 0 Å². The van der Waals surface area contributed by atoms with Gasteiger partial charge in [0.2, 0.25) is 0 Å². The van der Waals surface area contributed by atoms with Crippen molar-refractivity contribution < 1.29 is 14.5 Å². The second-order valence-electron chi connectivity index (χ2n) is 4.16. The predicted molar refractivity (Wildman–Crippen MR) is 74.1 cm³/mol. The molecule has 0 atom stereocenters. The maximum Gasteiger partial charge on any atom is 0.270 e. The number of carbonyl (C=O) groups is 1. The summed E-state index contributed by atoms with van der Waals surface area (Å²) in [5.41, 5.74) is 0.574. The molecule has 0 unspecified atom stereocenters. The number of benzene rings is 2. The molecule has 0 amide bonds. The second kappa shape index (κ2) is 6.30. The average Bonchev–Trinajstić information content (AvgIpc) is 2.53. The van der Waals surface area contributed by atoms with E-state index in [1.807, 2.05) is 6.07 Å². The van der Waals surface area contributed by atoms with E-state index >= 15 is 0 Å². The zero-order chi connectivity index (χ0) is 15.2. The molecule has 2 aromatic carbocycles. The minimum atomic E-state index is -0.557.